The fraction of sp³-hybridized carbons (Fsp3) is 0.909. The van der Waals surface area contributed by atoms with Gasteiger partial charge < -0.3 is 15.1 Å². The van der Waals surface area contributed by atoms with Crippen molar-refractivity contribution < 1.29 is 4.79 Å². The highest BCUT2D eigenvalue weighted by Crippen LogP contribution is 2.44. The standard InChI is InChI=1S/C22H39N5O.HI/c1-23-22(24-20-16-19(20)18-8-4-2-5-9-18)27-14-12-25(13-15-27)17-21(28)26-10-6-3-7-11-26;/h18-20H,2-17H2,1H3,(H,23,24);1H. The number of carbonyl (C=O) groups excluding carboxylic acids is 1. The summed E-state index contributed by atoms with van der Waals surface area (Å²) in [6, 6.07) is 0.639. The predicted molar refractivity (Wildman–Crippen MR) is 129 cm³/mol. The van der Waals surface area contributed by atoms with E-state index in [4.69, 9.17) is 0 Å². The largest absolute Gasteiger partial charge is 0.353 e. The summed E-state index contributed by atoms with van der Waals surface area (Å²) in [7, 11) is 1.91. The highest BCUT2D eigenvalue weighted by atomic mass is 127. The first-order valence-electron chi connectivity index (χ1n) is 11.7. The van der Waals surface area contributed by atoms with Gasteiger partial charge in [-0.3, -0.25) is 14.7 Å². The van der Waals surface area contributed by atoms with Crippen LogP contribution in [0.1, 0.15) is 57.8 Å². The first kappa shape index (κ1) is 23.1. The number of guanidine groups is 1. The number of nitrogens with zero attached hydrogens (tertiary/aromatic N) is 4. The summed E-state index contributed by atoms with van der Waals surface area (Å²) in [4.78, 5) is 23.9. The van der Waals surface area contributed by atoms with Gasteiger partial charge >= 0.3 is 0 Å². The van der Waals surface area contributed by atoms with Crippen LogP contribution in [0.2, 0.25) is 0 Å². The van der Waals surface area contributed by atoms with Gasteiger partial charge in [-0.25, -0.2) is 0 Å². The summed E-state index contributed by atoms with van der Waals surface area (Å²) in [6.45, 7) is 6.35. The number of carbonyl (C=O) groups is 1. The van der Waals surface area contributed by atoms with Gasteiger partial charge in [-0.1, -0.05) is 32.1 Å². The van der Waals surface area contributed by atoms with Crippen molar-refractivity contribution in [1.82, 2.24) is 20.0 Å². The second kappa shape index (κ2) is 11.2. The lowest BCUT2D eigenvalue weighted by molar-refractivity contribution is -0.133. The molecule has 0 aromatic carbocycles. The zero-order valence-electron chi connectivity index (χ0n) is 18.2. The Kier molecular flexibility index (Phi) is 8.89. The lowest BCUT2D eigenvalue weighted by Gasteiger charge is -2.37. The molecule has 4 fully saturated rings. The average Bonchev–Trinajstić information content (AvgIpc) is 3.53. The van der Waals surface area contributed by atoms with Gasteiger partial charge in [0.05, 0.1) is 6.54 Å². The molecule has 1 N–H and O–H groups in total. The van der Waals surface area contributed by atoms with E-state index in [9.17, 15) is 4.79 Å². The minimum atomic E-state index is 0. The summed E-state index contributed by atoms with van der Waals surface area (Å²) in [5.41, 5.74) is 0. The van der Waals surface area contributed by atoms with E-state index in [1.165, 1.54) is 57.8 Å². The molecule has 29 heavy (non-hydrogen) atoms. The molecule has 2 saturated carbocycles. The van der Waals surface area contributed by atoms with Gasteiger partial charge in [0.15, 0.2) is 5.96 Å². The van der Waals surface area contributed by atoms with Crippen LogP contribution in [0.15, 0.2) is 4.99 Å². The van der Waals surface area contributed by atoms with Crippen LogP contribution in [0.25, 0.3) is 0 Å². The van der Waals surface area contributed by atoms with Crippen molar-refractivity contribution in [3.05, 3.63) is 0 Å². The van der Waals surface area contributed by atoms with Crippen LogP contribution in [0.5, 0.6) is 0 Å². The zero-order valence-corrected chi connectivity index (χ0v) is 20.5. The number of nitrogens with one attached hydrogen (secondary N) is 1. The smallest absolute Gasteiger partial charge is 0.236 e. The first-order valence-corrected chi connectivity index (χ1v) is 11.7. The van der Waals surface area contributed by atoms with Gasteiger partial charge in [0.2, 0.25) is 5.91 Å². The van der Waals surface area contributed by atoms with Crippen LogP contribution in [-0.4, -0.2) is 85.5 Å². The Balaban J connectivity index is 0.00000240. The van der Waals surface area contributed by atoms with Crippen LogP contribution < -0.4 is 5.32 Å². The Hall–Kier alpha value is -0.570. The van der Waals surface area contributed by atoms with E-state index < -0.39 is 0 Å². The first-order chi connectivity index (χ1) is 13.7. The molecule has 2 aliphatic heterocycles. The average molecular weight is 518 g/mol. The van der Waals surface area contributed by atoms with E-state index >= 15 is 0 Å². The van der Waals surface area contributed by atoms with Crippen LogP contribution in [0.3, 0.4) is 0 Å². The number of likely N-dealkylation sites (tertiary alicyclic amines) is 1. The molecule has 4 aliphatic rings. The van der Waals surface area contributed by atoms with Crippen LogP contribution in [0, 0.1) is 11.8 Å². The SMILES string of the molecule is CN=C(NC1CC1C1CCCCC1)N1CCN(CC(=O)N2CCCCC2)CC1.I. The van der Waals surface area contributed by atoms with Crippen molar-refractivity contribution >= 4 is 35.8 Å². The molecule has 0 bridgehead atoms. The van der Waals surface area contributed by atoms with Crippen LogP contribution in [0.4, 0.5) is 0 Å². The fourth-order valence-corrected chi connectivity index (χ4v) is 5.48. The predicted octanol–water partition coefficient (Wildman–Crippen LogP) is 2.78. The van der Waals surface area contributed by atoms with Gasteiger partial charge in [-0.05, 0) is 37.5 Å². The van der Waals surface area contributed by atoms with Crippen molar-refractivity contribution in [2.45, 2.75) is 63.8 Å². The Morgan fingerprint density at radius 3 is 2.21 bits per heavy atom. The minimum Gasteiger partial charge on any atom is -0.353 e. The summed E-state index contributed by atoms with van der Waals surface area (Å²) in [5.74, 6) is 3.22. The fourth-order valence-electron chi connectivity index (χ4n) is 5.48. The lowest BCUT2D eigenvalue weighted by Crippen LogP contribution is -2.55. The third-order valence-corrected chi connectivity index (χ3v) is 7.36. The molecule has 1 amide bonds. The second-order valence-corrected chi connectivity index (χ2v) is 9.30. The normalized spacial score (nSPS) is 29.3. The monoisotopic (exact) mass is 517 g/mol. The third kappa shape index (κ3) is 6.21. The number of rotatable bonds is 4. The highest BCUT2D eigenvalue weighted by molar-refractivity contribution is 14.0. The molecule has 0 radical (unpaired) electrons. The molecule has 2 unspecified atom stereocenters. The van der Waals surface area contributed by atoms with Crippen molar-refractivity contribution in [2.24, 2.45) is 16.8 Å². The van der Waals surface area contributed by atoms with E-state index in [2.05, 4.69) is 25.0 Å². The number of hydrogen-bond acceptors (Lipinski definition) is 3. The number of piperidine rings is 1. The maximum absolute atomic E-state index is 12.5. The number of amides is 1. The van der Waals surface area contributed by atoms with Gasteiger partial charge in [0.25, 0.3) is 0 Å². The van der Waals surface area contributed by atoms with Crippen molar-refractivity contribution in [2.75, 3.05) is 52.9 Å². The molecule has 6 nitrogen and oxygen atoms in total. The molecular formula is C22H40IN5O. The lowest BCUT2D eigenvalue weighted by atomic mass is 9.85. The Bertz CT molecular complexity index is 551. The van der Waals surface area contributed by atoms with Crippen molar-refractivity contribution in [1.29, 1.82) is 0 Å². The molecule has 7 heteroatoms. The molecule has 2 heterocycles. The minimum absolute atomic E-state index is 0. The maximum atomic E-state index is 12.5. The van der Waals surface area contributed by atoms with Crippen LogP contribution in [-0.2, 0) is 4.79 Å². The van der Waals surface area contributed by atoms with Gasteiger partial charge in [-0.15, -0.1) is 24.0 Å². The molecule has 2 aliphatic carbocycles. The molecule has 0 aromatic rings. The van der Waals surface area contributed by atoms with Gasteiger partial charge in [0, 0.05) is 52.4 Å². The zero-order chi connectivity index (χ0) is 19.3. The van der Waals surface area contributed by atoms with Crippen LogP contribution >= 0.6 is 24.0 Å². The number of piperazine rings is 1. The van der Waals surface area contributed by atoms with E-state index in [1.807, 2.05) is 7.05 Å². The number of halogens is 1. The molecule has 4 rings (SSSR count). The number of hydrogen-bond donors (Lipinski definition) is 1. The Morgan fingerprint density at radius 2 is 1.55 bits per heavy atom. The molecule has 2 atom stereocenters. The Morgan fingerprint density at radius 1 is 0.897 bits per heavy atom. The van der Waals surface area contributed by atoms with E-state index in [0.29, 0.717) is 18.5 Å². The van der Waals surface area contributed by atoms with Crippen molar-refractivity contribution in [3.63, 3.8) is 0 Å². The summed E-state index contributed by atoms with van der Waals surface area (Å²) < 4.78 is 0. The number of aliphatic imine (C=N–C) groups is 1. The maximum Gasteiger partial charge on any atom is 0.236 e. The molecule has 0 spiro atoms. The highest BCUT2D eigenvalue weighted by Gasteiger charge is 2.44. The van der Waals surface area contributed by atoms with E-state index in [1.54, 1.807) is 0 Å². The third-order valence-electron chi connectivity index (χ3n) is 7.36. The molecular weight excluding hydrogens is 477 g/mol. The Labute approximate surface area is 193 Å². The molecule has 2 saturated heterocycles. The topological polar surface area (TPSA) is 51.2 Å². The van der Waals surface area contributed by atoms with E-state index in [-0.39, 0.29) is 24.0 Å². The second-order valence-electron chi connectivity index (χ2n) is 9.30. The van der Waals surface area contributed by atoms with Crippen molar-refractivity contribution in [3.8, 4) is 0 Å². The summed E-state index contributed by atoms with van der Waals surface area (Å²) >= 11 is 0. The summed E-state index contributed by atoms with van der Waals surface area (Å²) in [5, 5.41) is 3.75. The van der Waals surface area contributed by atoms with Gasteiger partial charge in [-0.2, -0.15) is 0 Å². The molecule has 0 aromatic heterocycles. The van der Waals surface area contributed by atoms with E-state index in [0.717, 1.165) is 57.1 Å². The summed E-state index contributed by atoms with van der Waals surface area (Å²) in [6.07, 6.45) is 12.1. The van der Waals surface area contributed by atoms with Gasteiger partial charge in [0.1, 0.15) is 0 Å². The quantitative estimate of drug-likeness (QED) is 0.354. The molecule has 166 valence electrons.